The van der Waals surface area contributed by atoms with Gasteiger partial charge >= 0.3 is 0 Å². The monoisotopic (exact) mass is 150 g/mol. The minimum atomic E-state index is 0.906. The van der Waals surface area contributed by atoms with E-state index in [1.165, 1.54) is 24.8 Å². The molecule has 0 saturated heterocycles. The molecular weight excluding hydrogens is 132 g/mol. The van der Waals surface area contributed by atoms with E-state index in [2.05, 4.69) is 32.9 Å². The summed E-state index contributed by atoms with van der Waals surface area (Å²) in [7, 11) is 0. The fourth-order valence-electron chi connectivity index (χ4n) is 1.51. The van der Waals surface area contributed by atoms with Gasteiger partial charge in [-0.25, -0.2) is 0 Å². The molecular formula is C11H18. The minimum absolute atomic E-state index is 0.906. The largest absolute Gasteiger partial charge is 0.0845 e. The van der Waals surface area contributed by atoms with Crippen LogP contribution in [0.25, 0.3) is 0 Å². The number of hydrogen-bond acceptors (Lipinski definition) is 0. The maximum absolute atomic E-state index is 2.41. The van der Waals surface area contributed by atoms with Crippen LogP contribution in [0.1, 0.15) is 40.0 Å². The van der Waals surface area contributed by atoms with E-state index in [0.717, 1.165) is 5.92 Å². The second-order valence-corrected chi connectivity index (χ2v) is 3.58. The van der Waals surface area contributed by atoms with Crippen LogP contribution in [0.2, 0.25) is 0 Å². The molecule has 1 aliphatic rings. The van der Waals surface area contributed by atoms with Crippen LogP contribution in [-0.2, 0) is 0 Å². The van der Waals surface area contributed by atoms with Crippen LogP contribution in [0.4, 0.5) is 0 Å². The molecule has 0 nitrogen and oxygen atoms in total. The first kappa shape index (κ1) is 8.58. The molecule has 1 unspecified atom stereocenters. The zero-order chi connectivity index (χ0) is 8.27. The van der Waals surface area contributed by atoms with Crippen molar-refractivity contribution in [2.75, 3.05) is 0 Å². The van der Waals surface area contributed by atoms with Crippen LogP contribution in [0.3, 0.4) is 0 Å². The Bertz CT molecular complexity index is 184. The van der Waals surface area contributed by atoms with Gasteiger partial charge in [0.1, 0.15) is 0 Å². The van der Waals surface area contributed by atoms with Crippen LogP contribution < -0.4 is 0 Å². The molecule has 0 aromatic heterocycles. The fraction of sp³-hybridized carbons (Fsp3) is 0.636. The molecule has 0 aliphatic heterocycles. The summed E-state index contributed by atoms with van der Waals surface area (Å²) in [5.41, 5.74) is 3.04. The summed E-state index contributed by atoms with van der Waals surface area (Å²) in [6, 6.07) is 0. The lowest BCUT2D eigenvalue weighted by Crippen LogP contribution is -2.01. The van der Waals surface area contributed by atoms with Crippen molar-refractivity contribution in [1.82, 2.24) is 0 Å². The van der Waals surface area contributed by atoms with Gasteiger partial charge in [-0.1, -0.05) is 24.6 Å². The number of rotatable bonds is 1. The Morgan fingerprint density at radius 2 is 2.36 bits per heavy atom. The van der Waals surface area contributed by atoms with Gasteiger partial charge in [0.25, 0.3) is 0 Å². The van der Waals surface area contributed by atoms with E-state index >= 15 is 0 Å². The lowest BCUT2D eigenvalue weighted by Gasteiger charge is -2.18. The fourth-order valence-corrected chi connectivity index (χ4v) is 1.51. The molecule has 0 fully saturated rings. The summed E-state index contributed by atoms with van der Waals surface area (Å²) in [6.07, 6.45) is 8.56. The van der Waals surface area contributed by atoms with E-state index in [4.69, 9.17) is 0 Å². The highest BCUT2D eigenvalue weighted by atomic mass is 14.2. The molecule has 11 heavy (non-hydrogen) atoms. The van der Waals surface area contributed by atoms with Gasteiger partial charge in [0.05, 0.1) is 0 Å². The Morgan fingerprint density at radius 3 is 2.82 bits per heavy atom. The van der Waals surface area contributed by atoms with Crippen molar-refractivity contribution in [3.05, 3.63) is 23.3 Å². The number of hydrogen-bond donors (Lipinski definition) is 0. The zero-order valence-corrected chi connectivity index (χ0v) is 7.85. The van der Waals surface area contributed by atoms with Crippen molar-refractivity contribution in [2.45, 2.75) is 40.0 Å². The third kappa shape index (κ3) is 2.21. The summed E-state index contributed by atoms with van der Waals surface area (Å²) < 4.78 is 0. The smallest absolute Gasteiger partial charge is 0.0277 e. The first-order chi connectivity index (χ1) is 5.24. The average molecular weight is 150 g/mol. The van der Waals surface area contributed by atoms with E-state index in [0.29, 0.717) is 0 Å². The van der Waals surface area contributed by atoms with Crippen LogP contribution in [0.15, 0.2) is 23.3 Å². The highest BCUT2D eigenvalue weighted by Crippen LogP contribution is 2.26. The second-order valence-electron chi connectivity index (χ2n) is 3.58. The van der Waals surface area contributed by atoms with Crippen molar-refractivity contribution in [2.24, 2.45) is 5.92 Å². The van der Waals surface area contributed by atoms with Crippen molar-refractivity contribution in [3.8, 4) is 0 Å². The highest BCUT2D eigenvalue weighted by Gasteiger charge is 2.09. The molecule has 0 saturated carbocycles. The molecule has 0 heterocycles. The Balaban J connectivity index is 2.61. The Morgan fingerprint density at radius 1 is 1.64 bits per heavy atom. The van der Waals surface area contributed by atoms with E-state index in [1.807, 2.05) is 0 Å². The Hall–Kier alpha value is -0.520. The lowest BCUT2D eigenvalue weighted by atomic mass is 9.88. The van der Waals surface area contributed by atoms with Crippen LogP contribution in [0.5, 0.6) is 0 Å². The normalized spacial score (nSPS) is 26.6. The van der Waals surface area contributed by atoms with Crippen molar-refractivity contribution >= 4 is 0 Å². The van der Waals surface area contributed by atoms with Gasteiger partial charge in [-0.2, -0.15) is 0 Å². The molecule has 0 spiro atoms. The number of allylic oxidation sites excluding steroid dienone is 4. The van der Waals surface area contributed by atoms with E-state index in [9.17, 15) is 0 Å². The molecule has 62 valence electrons. The van der Waals surface area contributed by atoms with Gasteiger partial charge in [-0.05, 0) is 44.6 Å². The third-order valence-corrected chi connectivity index (χ3v) is 2.61. The quantitative estimate of drug-likeness (QED) is 0.534. The molecule has 0 aromatic carbocycles. The summed E-state index contributed by atoms with van der Waals surface area (Å²) in [4.78, 5) is 0. The predicted octanol–water partition coefficient (Wildman–Crippen LogP) is 3.70. The van der Waals surface area contributed by atoms with E-state index in [1.54, 1.807) is 5.57 Å². The maximum atomic E-state index is 2.41. The van der Waals surface area contributed by atoms with E-state index in [-0.39, 0.29) is 0 Å². The lowest BCUT2D eigenvalue weighted by molar-refractivity contribution is 0.516. The molecule has 0 heteroatoms. The van der Waals surface area contributed by atoms with Gasteiger partial charge < -0.3 is 0 Å². The average Bonchev–Trinajstić information content (AvgIpc) is 2.05. The summed E-state index contributed by atoms with van der Waals surface area (Å²) >= 11 is 0. The van der Waals surface area contributed by atoms with Crippen LogP contribution in [-0.4, -0.2) is 0 Å². The van der Waals surface area contributed by atoms with Gasteiger partial charge in [-0.3, -0.25) is 0 Å². The second kappa shape index (κ2) is 3.75. The third-order valence-electron chi connectivity index (χ3n) is 2.61. The zero-order valence-electron chi connectivity index (χ0n) is 7.85. The highest BCUT2D eigenvalue weighted by molar-refractivity contribution is 5.29. The molecule has 0 aromatic rings. The van der Waals surface area contributed by atoms with Crippen molar-refractivity contribution < 1.29 is 0 Å². The molecule has 0 N–H and O–H groups in total. The molecule has 0 bridgehead atoms. The molecule has 0 radical (unpaired) electrons. The summed E-state index contributed by atoms with van der Waals surface area (Å²) in [5, 5.41) is 0. The van der Waals surface area contributed by atoms with Crippen LogP contribution in [0, 0.1) is 5.92 Å². The maximum Gasteiger partial charge on any atom is -0.0277 e. The SMILES string of the molecule is C/C=C(\C)C1=CCC(C)CC1. The first-order valence-electron chi connectivity index (χ1n) is 4.56. The van der Waals surface area contributed by atoms with Gasteiger partial charge in [-0.15, -0.1) is 0 Å². The van der Waals surface area contributed by atoms with Gasteiger partial charge in [0.2, 0.25) is 0 Å². The Kier molecular flexibility index (Phi) is 2.92. The molecule has 1 rings (SSSR count). The van der Waals surface area contributed by atoms with Crippen molar-refractivity contribution in [1.29, 1.82) is 0 Å². The topological polar surface area (TPSA) is 0 Å². The van der Waals surface area contributed by atoms with Gasteiger partial charge in [0, 0.05) is 0 Å². The minimum Gasteiger partial charge on any atom is -0.0845 e. The Labute approximate surface area is 70.0 Å². The molecule has 0 amide bonds. The standard InChI is InChI=1S/C11H18/c1-4-10(3)11-7-5-9(2)6-8-11/h4,7,9H,5-6,8H2,1-3H3/b10-4+. The molecule has 1 aliphatic carbocycles. The predicted molar refractivity (Wildman–Crippen MR) is 50.5 cm³/mol. The van der Waals surface area contributed by atoms with Gasteiger partial charge in [0.15, 0.2) is 0 Å². The van der Waals surface area contributed by atoms with Crippen LogP contribution >= 0.6 is 0 Å². The summed E-state index contributed by atoms with van der Waals surface area (Å²) in [5.74, 6) is 0.906. The molecule has 1 atom stereocenters. The van der Waals surface area contributed by atoms with Crippen molar-refractivity contribution in [3.63, 3.8) is 0 Å². The van der Waals surface area contributed by atoms with E-state index < -0.39 is 0 Å². The summed E-state index contributed by atoms with van der Waals surface area (Å²) in [6.45, 7) is 6.66. The first-order valence-corrected chi connectivity index (χ1v) is 4.56.